The molecule has 1 unspecified atom stereocenters. The smallest absolute Gasteiger partial charge is 0.239 e. The lowest BCUT2D eigenvalue weighted by atomic mass is 9.95. The Hall–Kier alpha value is -3.02. The van der Waals surface area contributed by atoms with Gasteiger partial charge in [0, 0.05) is 5.69 Å². The second-order valence-corrected chi connectivity index (χ2v) is 10.7. The minimum absolute atomic E-state index is 0.111. The molecule has 0 fully saturated rings. The van der Waals surface area contributed by atoms with Gasteiger partial charge in [-0.05, 0) is 41.2 Å². The van der Waals surface area contributed by atoms with Gasteiger partial charge in [0.05, 0.1) is 6.54 Å². The first kappa shape index (κ1) is 30.5. The number of benzene rings is 2. The molecular weight excluding hydrogens is 482 g/mol. The van der Waals surface area contributed by atoms with Gasteiger partial charge in [-0.25, -0.2) is 0 Å². The summed E-state index contributed by atoms with van der Waals surface area (Å²) in [6.07, 6.45) is 16.8. The Bertz CT molecular complexity index is 1070. The topological polar surface area (TPSA) is 72.7 Å². The molecule has 0 aliphatic rings. The van der Waals surface area contributed by atoms with Crippen molar-refractivity contribution < 1.29 is 4.79 Å². The molecule has 1 atom stereocenters. The summed E-state index contributed by atoms with van der Waals surface area (Å²) in [6, 6.07) is 16.2. The summed E-state index contributed by atoms with van der Waals surface area (Å²) in [5, 5.41) is 16.6. The number of unbranched alkanes of at least 4 members (excludes halogenated alkanes) is 9. The maximum Gasteiger partial charge on any atom is 0.239 e. The Morgan fingerprint density at radius 1 is 0.744 bits per heavy atom. The minimum atomic E-state index is -0.614. The van der Waals surface area contributed by atoms with Crippen LogP contribution in [0, 0.1) is 0 Å². The monoisotopic (exact) mass is 531 g/mol. The zero-order valence-electron chi connectivity index (χ0n) is 24.5. The quantitative estimate of drug-likeness (QED) is 0.158. The third kappa shape index (κ3) is 9.90. The van der Waals surface area contributed by atoms with Crippen molar-refractivity contribution in [1.29, 1.82) is 0 Å². The third-order valence-corrected chi connectivity index (χ3v) is 7.36. The van der Waals surface area contributed by atoms with Crippen molar-refractivity contribution in [1.82, 2.24) is 20.2 Å². The van der Waals surface area contributed by atoms with E-state index in [9.17, 15) is 4.79 Å². The maximum atomic E-state index is 13.9. The number of anilines is 1. The number of rotatable bonds is 19. The van der Waals surface area contributed by atoms with E-state index >= 15 is 0 Å². The predicted molar refractivity (Wildman–Crippen MR) is 161 cm³/mol. The molecule has 3 aromatic rings. The Balaban J connectivity index is 1.64. The van der Waals surface area contributed by atoms with Crippen LogP contribution in [0.2, 0.25) is 0 Å². The van der Waals surface area contributed by atoms with Crippen molar-refractivity contribution in [3.63, 3.8) is 0 Å². The summed E-state index contributed by atoms with van der Waals surface area (Å²) in [6.45, 7) is 7.33. The molecule has 0 saturated carbocycles. The van der Waals surface area contributed by atoms with Crippen LogP contribution in [0.15, 0.2) is 48.5 Å². The third-order valence-electron chi connectivity index (χ3n) is 7.36. The number of aryl methyl sites for hydroxylation is 3. The van der Waals surface area contributed by atoms with Gasteiger partial charge in [0.15, 0.2) is 5.82 Å². The molecule has 1 amide bonds. The standard InChI is InChI=1S/C33H49N5O/c1-4-7-8-9-10-11-12-13-14-18-26-38-36-32(35-37-38)30(27-22-16-15-17-23-27)33(39)34-31-28(20-5-2)24-19-25-29(31)21-6-3/h15-17,19,22-25,30H,4-14,18,20-21,26H2,1-3H3,(H,34,39). The van der Waals surface area contributed by atoms with Gasteiger partial charge >= 0.3 is 0 Å². The molecule has 1 N–H and O–H groups in total. The van der Waals surface area contributed by atoms with E-state index in [1.54, 1.807) is 4.80 Å². The van der Waals surface area contributed by atoms with E-state index in [0.717, 1.165) is 49.9 Å². The lowest BCUT2D eigenvalue weighted by Gasteiger charge is -2.19. The molecule has 0 aliphatic carbocycles. The van der Waals surface area contributed by atoms with Gasteiger partial charge in [0.2, 0.25) is 5.91 Å². The number of carbonyl (C=O) groups excluding carboxylic acids is 1. The van der Waals surface area contributed by atoms with E-state index in [1.807, 2.05) is 30.3 Å². The van der Waals surface area contributed by atoms with Crippen molar-refractivity contribution in [3.8, 4) is 0 Å². The number of carbonyl (C=O) groups is 1. The highest BCUT2D eigenvalue weighted by atomic mass is 16.2. The lowest BCUT2D eigenvalue weighted by molar-refractivity contribution is -0.116. The molecule has 212 valence electrons. The molecule has 6 nitrogen and oxygen atoms in total. The molecular formula is C33H49N5O. The summed E-state index contributed by atoms with van der Waals surface area (Å²) in [4.78, 5) is 15.5. The van der Waals surface area contributed by atoms with Crippen molar-refractivity contribution in [2.24, 2.45) is 0 Å². The molecule has 0 spiro atoms. The van der Waals surface area contributed by atoms with Crippen LogP contribution in [0.25, 0.3) is 0 Å². The number of hydrogen-bond acceptors (Lipinski definition) is 4. The summed E-state index contributed by atoms with van der Waals surface area (Å²) in [5.41, 5.74) is 4.19. The van der Waals surface area contributed by atoms with Crippen molar-refractivity contribution >= 4 is 11.6 Å². The van der Waals surface area contributed by atoms with Gasteiger partial charge in [0.25, 0.3) is 0 Å². The number of nitrogens with one attached hydrogen (secondary N) is 1. The highest BCUT2D eigenvalue weighted by Gasteiger charge is 2.28. The highest BCUT2D eigenvalue weighted by molar-refractivity contribution is 5.98. The molecule has 1 heterocycles. The molecule has 6 heteroatoms. The minimum Gasteiger partial charge on any atom is -0.325 e. The lowest BCUT2D eigenvalue weighted by Crippen LogP contribution is -2.25. The van der Waals surface area contributed by atoms with Crippen LogP contribution < -0.4 is 5.32 Å². The van der Waals surface area contributed by atoms with Crippen LogP contribution in [-0.2, 0) is 24.2 Å². The van der Waals surface area contributed by atoms with E-state index in [0.29, 0.717) is 5.82 Å². The van der Waals surface area contributed by atoms with Crippen LogP contribution in [0.5, 0.6) is 0 Å². The van der Waals surface area contributed by atoms with Crippen molar-refractivity contribution in [2.75, 3.05) is 5.32 Å². The molecule has 0 aliphatic heterocycles. The largest absolute Gasteiger partial charge is 0.325 e. The number of aromatic nitrogens is 4. The number of amides is 1. The predicted octanol–water partition coefficient (Wildman–Crippen LogP) is 8.27. The molecule has 0 saturated heterocycles. The van der Waals surface area contributed by atoms with Crippen molar-refractivity contribution in [3.05, 3.63) is 71.0 Å². The average Bonchev–Trinajstić information content (AvgIpc) is 3.40. The van der Waals surface area contributed by atoms with E-state index in [4.69, 9.17) is 0 Å². The van der Waals surface area contributed by atoms with Gasteiger partial charge in [-0.15, -0.1) is 10.2 Å². The first-order valence-electron chi connectivity index (χ1n) is 15.4. The van der Waals surface area contributed by atoms with E-state index in [1.165, 1.54) is 68.9 Å². The SMILES string of the molecule is CCCCCCCCCCCCn1nnc(C(C(=O)Nc2c(CCC)cccc2CCC)c2ccccc2)n1. The first-order valence-corrected chi connectivity index (χ1v) is 15.4. The molecule has 0 bridgehead atoms. The Labute approximate surface area is 236 Å². The molecule has 39 heavy (non-hydrogen) atoms. The van der Waals surface area contributed by atoms with Crippen molar-refractivity contribution in [2.45, 2.75) is 123 Å². The molecule has 3 rings (SSSR count). The highest BCUT2D eigenvalue weighted by Crippen LogP contribution is 2.28. The summed E-state index contributed by atoms with van der Waals surface area (Å²) < 4.78 is 0. The first-order chi connectivity index (χ1) is 19.2. The fourth-order valence-corrected chi connectivity index (χ4v) is 5.23. The van der Waals surface area contributed by atoms with Gasteiger partial charge in [-0.2, -0.15) is 4.80 Å². The summed E-state index contributed by atoms with van der Waals surface area (Å²) >= 11 is 0. The van der Waals surface area contributed by atoms with Gasteiger partial charge in [0.1, 0.15) is 5.92 Å². The van der Waals surface area contributed by atoms with Gasteiger partial charge < -0.3 is 5.32 Å². The van der Waals surface area contributed by atoms with Crippen LogP contribution in [0.4, 0.5) is 5.69 Å². The van der Waals surface area contributed by atoms with Crippen LogP contribution in [0.3, 0.4) is 0 Å². The van der Waals surface area contributed by atoms with E-state index < -0.39 is 5.92 Å². The normalized spacial score (nSPS) is 12.0. The number of tetrazole rings is 1. The zero-order chi connectivity index (χ0) is 27.7. The Kier molecular flexibility index (Phi) is 13.7. The van der Waals surface area contributed by atoms with Crippen LogP contribution in [0.1, 0.15) is 126 Å². The maximum absolute atomic E-state index is 13.9. The molecule has 2 aromatic carbocycles. The fraction of sp³-hybridized carbons (Fsp3) is 0.576. The molecule has 0 radical (unpaired) electrons. The second kappa shape index (κ2) is 17.5. The van der Waals surface area contributed by atoms with E-state index in [2.05, 4.69) is 59.7 Å². The number of nitrogens with zero attached hydrogens (tertiary/aromatic N) is 4. The summed E-state index contributed by atoms with van der Waals surface area (Å²) in [5.74, 6) is -0.270. The Morgan fingerprint density at radius 3 is 1.92 bits per heavy atom. The second-order valence-electron chi connectivity index (χ2n) is 10.7. The average molecular weight is 532 g/mol. The Morgan fingerprint density at radius 2 is 1.33 bits per heavy atom. The summed E-state index contributed by atoms with van der Waals surface area (Å²) in [7, 11) is 0. The van der Waals surface area contributed by atoms with Gasteiger partial charge in [-0.1, -0.05) is 140 Å². The van der Waals surface area contributed by atoms with E-state index in [-0.39, 0.29) is 5.91 Å². The number of para-hydroxylation sites is 1. The van der Waals surface area contributed by atoms with Crippen LogP contribution in [-0.4, -0.2) is 26.1 Å². The number of hydrogen-bond donors (Lipinski definition) is 1. The van der Waals surface area contributed by atoms with Crippen LogP contribution >= 0.6 is 0 Å². The zero-order valence-corrected chi connectivity index (χ0v) is 24.5. The van der Waals surface area contributed by atoms with Gasteiger partial charge in [-0.3, -0.25) is 4.79 Å². The molecule has 1 aromatic heterocycles. The fourth-order valence-electron chi connectivity index (χ4n) is 5.23.